The third-order valence-corrected chi connectivity index (χ3v) is 2.61. The number of rotatable bonds is 3. The number of hydrogen-bond acceptors (Lipinski definition) is 4. The summed E-state index contributed by atoms with van der Waals surface area (Å²) in [6, 6.07) is 4.45. The summed E-state index contributed by atoms with van der Waals surface area (Å²) in [6.45, 7) is 0. The summed E-state index contributed by atoms with van der Waals surface area (Å²) in [5.41, 5.74) is 1.23. The second-order valence-electron chi connectivity index (χ2n) is 2.72. The Balaban J connectivity index is 0.00000196. The topological polar surface area (TPSA) is 78.4 Å². The first kappa shape index (κ1) is 14.7. The molecule has 0 saturated heterocycles. The molecule has 1 rings (SSSR count). The van der Waals surface area contributed by atoms with Gasteiger partial charge in [0.25, 0.3) is 10.1 Å². The van der Waals surface area contributed by atoms with Crippen molar-refractivity contribution in [1.29, 1.82) is 0 Å². The van der Waals surface area contributed by atoms with Crippen molar-refractivity contribution in [1.82, 2.24) is 0 Å². The van der Waals surface area contributed by atoms with Crippen molar-refractivity contribution >= 4 is 51.1 Å². The fourth-order valence-electron chi connectivity index (χ4n) is 1.04. The fraction of sp³-hybridized carbons (Fsp3) is 0.250. The van der Waals surface area contributed by atoms with Crippen LogP contribution in [0.15, 0.2) is 23.1 Å². The van der Waals surface area contributed by atoms with E-state index >= 15 is 0 Å². The third kappa shape index (κ3) is 4.00. The summed E-state index contributed by atoms with van der Waals surface area (Å²) in [4.78, 5) is -0.131. The molecule has 80 valence electrons. The zero-order valence-corrected chi connectivity index (χ0v) is 8.72. The van der Waals surface area contributed by atoms with Crippen molar-refractivity contribution in [3.63, 3.8) is 0 Å². The molecule has 1 aromatic rings. The normalized spacial score (nSPS) is 10.3. The Bertz CT molecular complexity index is 411. The zero-order valence-electron chi connectivity index (χ0n) is 7.90. The van der Waals surface area contributed by atoms with E-state index < -0.39 is 10.1 Å². The molecule has 0 saturated carbocycles. The molecule has 0 unspecified atom stereocenters. The van der Waals surface area contributed by atoms with Gasteiger partial charge >= 0.3 is 29.6 Å². The molecule has 3 N–H and O–H groups in total. The van der Waals surface area contributed by atoms with E-state index in [0.29, 0.717) is 11.4 Å². The van der Waals surface area contributed by atoms with Gasteiger partial charge in [0.2, 0.25) is 0 Å². The summed E-state index contributed by atoms with van der Waals surface area (Å²) >= 11 is 0. The van der Waals surface area contributed by atoms with E-state index in [0.717, 1.165) is 0 Å². The Labute approximate surface area is 111 Å². The maximum atomic E-state index is 10.9. The van der Waals surface area contributed by atoms with E-state index in [1.165, 1.54) is 12.1 Å². The molecule has 1 aromatic carbocycles. The Morgan fingerprint density at radius 1 is 1.07 bits per heavy atom. The second kappa shape index (κ2) is 5.72. The average molecular weight is 240 g/mol. The predicted molar refractivity (Wildman–Crippen MR) is 62.5 cm³/mol. The van der Waals surface area contributed by atoms with Crippen LogP contribution in [0.4, 0.5) is 11.4 Å². The van der Waals surface area contributed by atoms with Crippen LogP contribution < -0.4 is 10.6 Å². The molecule has 0 aliphatic rings. The van der Waals surface area contributed by atoms with Crippen molar-refractivity contribution in [2.75, 3.05) is 24.7 Å². The summed E-state index contributed by atoms with van der Waals surface area (Å²) in [6.07, 6.45) is 0. The molecular weight excluding hydrogens is 227 g/mol. The SMILES string of the molecule is CNc1cc(NC)cc(S(=O)(=O)O)c1.[NaH]. The first-order valence-electron chi connectivity index (χ1n) is 3.95. The molecule has 0 fully saturated rings. The third-order valence-electron chi connectivity index (χ3n) is 1.78. The van der Waals surface area contributed by atoms with Gasteiger partial charge in [-0.05, 0) is 18.2 Å². The van der Waals surface area contributed by atoms with Crippen molar-refractivity contribution in [3.8, 4) is 0 Å². The Hall–Kier alpha value is -0.270. The number of hydrogen-bond donors (Lipinski definition) is 3. The molecule has 0 aliphatic heterocycles. The first-order valence-corrected chi connectivity index (χ1v) is 5.39. The Morgan fingerprint density at radius 3 is 1.73 bits per heavy atom. The molecule has 0 aromatic heterocycles. The summed E-state index contributed by atoms with van der Waals surface area (Å²) in [5, 5.41) is 5.60. The molecule has 0 spiro atoms. The summed E-state index contributed by atoms with van der Waals surface area (Å²) in [7, 11) is -0.810. The van der Waals surface area contributed by atoms with Crippen LogP contribution in [0.25, 0.3) is 0 Å². The van der Waals surface area contributed by atoms with Crippen molar-refractivity contribution in [2.45, 2.75) is 4.90 Å². The molecule has 0 atom stereocenters. The van der Waals surface area contributed by atoms with Gasteiger partial charge in [-0.15, -0.1) is 0 Å². The Morgan fingerprint density at radius 2 is 1.47 bits per heavy atom. The van der Waals surface area contributed by atoms with Gasteiger partial charge in [0, 0.05) is 25.5 Å². The van der Waals surface area contributed by atoms with Crippen LogP contribution in [0.3, 0.4) is 0 Å². The molecule has 7 heteroatoms. The van der Waals surface area contributed by atoms with Gasteiger partial charge in [-0.25, -0.2) is 0 Å². The fourth-order valence-corrected chi connectivity index (χ4v) is 1.59. The molecule has 0 amide bonds. The van der Waals surface area contributed by atoms with E-state index in [-0.39, 0.29) is 34.5 Å². The molecule has 0 aliphatic carbocycles. The molecular formula is C8H13N2NaO3S. The quantitative estimate of drug-likeness (QED) is 0.525. The molecule has 15 heavy (non-hydrogen) atoms. The minimum atomic E-state index is -4.15. The predicted octanol–water partition coefficient (Wildman–Crippen LogP) is 0.368. The van der Waals surface area contributed by atoms with Crippen LogP contribution in [0.2, 0.25) is 0 Å². The Kier molecular flexibility index (Phi) is 5.61. The first-order chi connectivity index (χ1) is 6.47. The van der Waals surface area contributed by atoms with Crippen LogP contribution >= 0.6 is 0 Å². The van der Waals surface area contributed by atoms with Gasteiger partial charge in [-0.3, -0.25) is 4.55 Å². The van der Waals surface area contributed by atoms with E-state index in [4.69, 9.17) is 4.55 Å². The van der Waals surface area contributed by atoms with Crippen LogP contribution in [-0.2, 0) is 10.1 Å². The van der Waals surface area contributed by atoms with Gasteiger partial charge < -0.3 is 10.6 Å². The zero-order chi connectivity index (χ0) is 10.8. The maximum absolute atomic E-state index is 10.9. The summed E-state index contributed by atoms with van der Waals surface area (Å²) < 4.78 is 30.6. The van der Waals surface area contributed by atoms with E-state index in [9.17, 15) is 8.42 Å². The van der Waals surface area contributed by atoms with Crippen LogP contribution in [0.1, 0.15) is 0 Å². The van der Waals surface area contributed by atoms with E-state index in [1.54, 1.807) is 20.2 Å². The summed E-state index contributed by atoms with van der Waals surface area (Å²) in [5.74, 6) is 0. The number of anilines is 2. The molecule has 5 nitrogen and oxygen atoms in total. The van der Waals surface area contributed by atoms with Gasteiger partial charge in [-0.1, -0.05) is 0 Å². The number of benzene rings is 1. The van der Waals surface area contributed by atoms with Gasteiger partial charge in [0.1, 0.15) is 0 Å². The monoisotopic (exact) mass is 240 g/mol. The van der Waals surface area contributed by atoms with Gasteiger partial charge in [0.15, 0.2) is 0 Å². The van der Waals surface area contributed by atoms with Crippen LogP contribution in [-0.4, -0.2) is 56.6 Å². The van der Waals surface area contributed by atoms with Crippen molar-refractivity contribution in [2.24, 2.45) is 0 Å². The molecule has 0 heterocycles. The molecule has 0 radical (unpaired) electrons. The van der Waals surface area contributed by atoms with E-state index in [1.807, 2.05) is 0 Å². The standard InChI is InChI=1S/C8H12N2O3S.Na.H/c1-9-6-3-7(10-2)5-8(4-6)14(11,12)13;;/h3-5,9-10H,1-2H3,(H,11,12,13);;. The average Bonchev–Trinajstić information content (AvgIpc) is 2.15. The van der Waals surface area contributed by atoms with Crippen molar-refractivity contribution < 1.29 is 13.0 Å². The number of nitrogens with one attached hydrogen (secondary N) is 2. The van der Waals surface area contributed by atoms with Crippen LogP contribution in [0.5, 0.6) is 0 Å². The van der Waals surface area contributed by atoms with Crippen LogP contribution in [0, 0.1) is 0 Å². The van der Waals surface area contributed by atoms with Gasteiger partial charge in [-0.2, -0.15) is 8.42 Å². The second-order valence-corrected chi connectivity index (χ2v) is 4.14. The van der Waals surface area contributed by atoms with Crippen molar-refractivity contribution in [3.05, 3.63) is 18.2 Å². The van der Waals surface area contributed by atoms with Gasteiger partial charge in [0.05, 0.1) is 4.90 Å². The molecule has 0 bridgehead atoms. The minimum absolute atomic E-state index is 0. The van der Waals surface area contributed by atoms with E-state index in [2.05, 4.69) is 10.6 Å².